The molecule has 2 heterocycles. The van der Waals surface area contributed by atoms with Gasteiger partial charge in [-0.3, -0.25) is 10.00 Å². The van der Waals surface area contributed by atoms with Gasteiger partial charge in [-0.05, 0) is 18.5 Å². The van der Waals surface area contributed by atoms with E-state index in [-0.39, 0.29) is 0 Å². The summed E-state index contributed by atoms with van der Waals surface area (Å²) in [7, 11) is 0. The van der Waals surface area contributed by atoms with E-state index < -0.39 is 0 Å². The van der Waals surface area contributed by atoms with Crippen LogP contribution < -0.4 is 0 Å². The Morgan fingerprint density at radius 1 is 1.25 bits per heavy atom. The number of hydrogen-bond acceptors (Lipinski definition) is 3. The van der Waals surface area contributed by atoms with Crippen molar-refractivity contribution in [1.29, 1.82) is 0 Å². The van der Waals surface area contributed by atoms with Crippen molar-refractivity contribution in [3.63, 3.8) is 0 Å². The highest BCUT2D eigenvalue weighted by atomic mass is 15.2. The summed E-state index contributed by atoms with van der Waals surface area (Å²) in [5, 5.41) is 7.13. The number of H-pyrrole nitrogens is 2. The second-order valence-electron chi connectivity index (χ2n) is 5.70. The summed E-state index contributed by atoms with van der Waals surface area (Å²) < 4.78 is 0. The minimum atomic E-state index is 0.461. The fourth-order valence-electron chi connectivity index (χ4n) is 2.64. The van der Waals surface area contributed by atoms with E-state index in [2.05, 4.69) is 51.9 Å². The first-order chi connectivity index (χ1) is 9.69. The molecule has 0 aliphatic heterocycles. The zero-order chi connectivity index (χ0) is 14.4. The fraction of sp³-hybridized carbons (Fsp3) is 0.600. The minimum absolute atomic E-state index is 0.461. The van der Waals surface area contributed by atoms with Crippen molar-refractivity contribution in [2.24, 2.45) is 5.92 Å². The van der Waals surface area contributed by atoms with E-state index >= 15 is 0 Å². The number of aromatic nitrogens is 4. The highest BCUT2D eigenvalue weighted by Gasteiger charge is 2.20. The van der Waals surface area contributed by atoms with E-state index in [1.807, 2.05) is 12.4 Å². The van der Waals surface area contributed by atoms with E-state index in [0.29, 0.717) is 12.0 Å². The van der Waals surface area contributed by atoms with E-state index in [1.54, 1.807) is 6.33 Å². The molecule has 0 bridgehead atoms. The second kappa shape index (κ2) is 7.24. The van der Waals surface area contributed by atoms with Crippen LogP contribution >= 0.6 is 0 Å². The van der Waals surface area contributed by atoms with Crippen LogP contribution in [-0.2, 0) is 12.8 Å². The van der Waals surface area contributed by atoms with Gasteiger partial charge in [-0.25, -0.2) is 4.98 Å². The van der Waals surface area contributed by atoms with Crippen molar-refractivity contribution >= 4 is 0 Å². The minimum Gasteiger partial charge on any atom is -0.348 e. The van der Waals surface area contributed by atoms with Crippen LogP contribution in [0.4, 0.5) is 0 Å². The molecule has 5 nitrogen and oxygen atoms in total. The number of rotatable bonds is 8. The lowest BCUT2D eigenvalue weighted by Gasteiger charge is -2.31. The molecule has 2 aromatic heterocycles. The van der Waals surface area contributed by atoms with E-state index in [0.717, 1.165) is 25.9 Å². The van der Waals surface area contributed by atoms with Gasteiger partial charge < -0.3 is 4.98 Å². The van der Waals surface area contributed by atoms with Gasteiger partial charge in [0.05, 0.1) is 6.33 Å². The first kappa shape index (κ1) is 14.8. The summed E-state index contributed by atoms with van der Waals surface area (Å²) in [6.45, 7) is 8.95. The molecule has 0 aliphatic carbocycles. The molecular formula is C15H25N5. The Labute approximate surface area is 120 Å². The average molecular weight is 275 g/mol. The third kappa shape index (κ3) is 4.20. The Kier molecular flexibility index (Phi) is 5.35. The first-order valence-electron chi connectivity index (χ1n) is 7.38. The molecule has 0 spiro atoms. The third-order valence-electron chi connectivity index (χ3n) is 3.55. The predicted octanol–water partition coefficient (Wildman–Crippen LogP) is 2.26. The largest absolute Gasteiger partial charge is 0.348 e. The van der Waals surface area contributed by atoms with Gasteiger partial charge >= 0.3 is 0 Å². The standard InChI is InChI=1S/C15H25N5/c1-4-20(10-12(2)3)15(7-13-5-6-18-19-13)8-14-9-16-11-17-14/h5-6,9,11-12,15H,4,7-8,10H2,1-3H3,(H,16,17)(H,18,19). The molecule has 0 aliphatic rings. The molecule has 20 heavy (non-hydrogen) atoms. The Balaban J connectivity index is 2.09. The van der Waals surface area contributed by atoms with Crippen molar-refractivity contribution in [1.82, 2.24) is 25.1 Å². The summed E-state index contributed by atoms with van der Waals surface area (Å²) >= 11 is 0. The zero-order valence-electron chi connectivity index (χ0n) is 12.6. The van der Waals surface area contributed by atoms with Crippen LogP contribution in [0.1, 0.15) is 32.2 Å². The van der Waals surface area contributed by atoms with Gasteiger partial charge in [0.15, 0.2) is 0 Å². The van der Waals surface area contributed by atoms with Crippen LogP contribution in [0.2, 0.25) is 0 Å². The number of hydrogen-bond donors (Lipinski definition) is 2. The van der Waals surface area contributed by atoms with Crippen LogP contribution in [0.25, 0.3) is 0 Å². The van der Waals surface area contributed by atoms with Crippen molar-refractivity contribution in [3.8, 4) is 0 Å². The molecule has 2 aromatic rings. The molecule has 1 unspecified atom stereocenters. The predicted molar refractivity (Wildman–Crippen MR) is 80.5 cm³/mol. The zero-order valence-corrected chi connectivity index (χ0v) is 12.6. The Hall–Kier alpha value is -1.62. The van der Waals surface area contributed by atoms with Crippen LogP contribution in [-0.4, -0.2) is 44.2 Å². The highest BCUT2D eigenvalue weighted by molar-refractivity contribution is 5.05. The highest BCUT2D eigenvalue weighted by Crippen LogP contribution is 2.14. The maximum absolute atomic E-state index is 4.12. The Morgan fingerprint density at radius 2 is 2.05 bits per heavy atom. The smallest absolute Gasteiger partial charge is 0.0921 e. The maximum atomic E-state index is 4.12. The van der Waals surface area contributed by atoms with Crippen molar-refractivity contribution < 1.29 is 0 Å². The Bertz CT molecular complexity index is 424. The molecule has 0 amide bonds. The van der Waals surface area contributed by atoms with Crippen LogP contribution in [0.3, 0.4) is 0 Å². The molecule has 2 N–H and O–H groups in total. The van der Waals surface area contributed by atoms with Gasteiger partial charge in [0.1, 0.15) is 0 Å². The molecule has 110 valence electrons. The monoisotopic (exact) mass is 275 g/mol. The van der Waals surface area contributed by atoms with Gasteiger partial charge in [0, 0.05) is 49.2 Å². The van der Waals surface area contributed by atoms with E-state index in [1.165, 1.54) is 11.4 Å². The molecule has 0 saturated heterocycles. The summed E-state index contributed by atoms with van der Waals surface area (Å²) in [5.41, 5.74) is 2.38. The quantitative estimate of drug-likeness (QED) is 0.777. The maximum Gasteiger partial charge on any atom is 0.0921 e. The van der Waals surface area contributed by atoms with E-state index in [4.69, 9.17) is 0 Å². The lowest BCUT2D eigenvalue weighted by atomic mass is 10.0. The first-order valence-corrected chi connectivity index (χ1v) is 7.38. The van der Waals surface area contributed by atoms with Crippen molar-refractivity contribution in [3.05, 3.63) is 36.2 Å². The number of imidazole rings is 1. The summed E-state index contributed by atoms with van der Waals surface area (Å²) in [6, 6.07) is 2.52. The molecular weight excluding hydrogens is 250 g/mol. The van der Waals surface area contributed by atoms with Crippen LogP contribution in [0.15, 0.2) is 24.8 Å². The summed E-state index contributed by atoms with van der Waals surface area (Å²) in [4.78, 5) is 9.89. The van der Waals surface area contributed by atoms with Crippen molar-refractivity contribution in [2.45, 2.75) is 39.7 Å². The summed E-state index contributed by atoms with van der Waals surface area (Å²) in [5.74, 6) is 0.668. The summed E-state index contributed by atoms with van der Waals surface area (Å²) in [6.07, 6.45) is 7.46. The molecule has 0 saturated carbocycles. The third-order valence-corrected chi connectivity index (χ3v) is 3.55. The van der Waals surface area contributed by atoms with Gasteiger partial charge in [-0.2, -0.15) is 5.10 Å². The average Bonchev–Trinajstić information content (AvgIpc) is 3.08. The molecule has 5 heteroatoms. The van der Waals surface area contributed by atoms with Crippen molar-refractivity contribution in [2.75, 3.05) is 13.1 Å². The fourth-order valence-corrected chi connectivity index (χ4v) is 2.64. The number of nitrogens with one attached hydrogen (secondary N) is 2. The molecule has 0 aromatic carbocycles. The number of likely N-dealkylation sites (N-methyl/N-ethyl adjacent to an activating group) is 1. The molecule has 1 atom stereocenters. The lowest BCUT2D eigenvalue weighted by Crippen LogP contribution is -2.40. The topological polar surface area (TPSA) is 60.6 Å². The second-order valence-corrected chi connectivity index (χ2v) is 5.70. The van der Waals surface area contributed by atoms with Gasteiger partial charge in [-0.15, -0.1) is 0 Å². The van der Waals surface area contributed by atoms with Crippen LogP contribution in [0, 0.1) is 5.92 Å². The lowest BCUT2D eigenvalue weighted by molar-refractivity contribution is 0.179. The Morgan fingerprint density at radius 3 is 2.60 bits per heavy atom. The molecule has 0 radical (unpaired) electrons. The van der Waals surface area contributed by atoms with Crippen LogP contribution in [0.5, 0.6) is 0 Å². The SMILES string of the molecule is CCN(CC(C)C)C(Cc1cnc[nH]1)Cc1ccn[nH]1. The van der Waals surface area contributed by atoms with Gasteiger partial charge in [0.25, 0.3) is 0 Å². The molecule has 0 fully saturated rings. The normalized spacial score (nSPS) is 13.2. The van der Waals surface area contributed by atoms with E-state index in [9.17, 15) is 0 Å². The molecule has 2 rings (SSSR count). The number of nitrogens with zero attached hydrogens (tertiary/aromatic N) is 3. The number of aromatic amines is 2. The van der Waals surface area contributed by atoms with Gasteiger partial charge in [0.2, 0.25) is 0 Å². The van der Waals surface area contributed by atoms with Gasteiger partial charge in [-0.1, -0.05) is 20.8 Å².